The molecular weight excluding hydrogens is 458 g/mol. The van der Waals surface area contributed by atoms with Gasteiger partial charge in [0.2, 0.25) is 5.91 Å². The third kappa shape index (κ3) is 5.19. The van der Waals surface area contributed by atoms with Gasteiger partial charge in [-0.25, -0.2) is 4.79 Å². The number of aliphatic carboxylic acids is 2. The zero-order chi connectivity index (χ0) is 26.3. The normalized spacial score (nSPS) is 41.3. The number of nitrogens with one attached hydrogen (secondary N) is 1. The molecule has 0 aromatic heterocycles. The van der Waals surface area contributed by atoms with Crippen LogP contribution in [-0.4, -0.2) is 45.3 Å². The van der Waals surface area contributed by atoms with Crippen LogP contribution >= 0.6 is 0 Å². The molecule has 2 unspecified atom stereocenters. The summed E-state index contributed by atoms with van der Waals surface area (Å²) in [5, 5.41) is 31.0. The Morgan fingerprint density at radius 1 is 0.889 bits per heavy atom. The van der Waals surface area contributed by atoms with Gasteiger partial charge in [0, 0.05) is 12.8 Å². The molecule has 0 heterocycles. The van der Waals surface area contributed by atoms with Crippen molar-refractivity contribution < 1.29 is 29.7 Å². The molecule has 4 N–H and O–H groups in total. The number of aliphatic hydroxyl groups is 1. The molecule has 204 valence electrons. The summed E-state index contributed by atoms with van der Waals surface area (Å²) in [6.07, 6.45) is 11.2. The lowest BCUT2D eigenvalue weighted by Crippen LogP contribution is -2.54. The van der Waals surface area contributed by atoms with Gasteiger partial charge in [-0.1, -0.05) is 20.8 Å². The van der Waals surface area contributed by atoms with Gasteiger partial charge in [0.05, 0.1) is 6.10 Å². The third-order valence-corrected chi connectivity index (χ3v) is 11.5. The Morgan fingerprint density at radius 3 is 2.28 bits per heavy atom. The van der Waals surface area contributed by atoms with E-state index in [1.165, 1.54) is 44.9 Å². The van der Waals surface area contributed by atoms with Crippen LogP contribution in [0.3, 0.4) is 0 Å². The molecule has 0 aromatic rings. The van der Waals surface area contributed by atoms with Crippen LogP contribution < -0.4 is 5.32 Å². The van der Waals surface area contributed by atoms with Crippen LogP contribution in [0.15, 0.2) is 0 Å². The lowest BCUT2D eigenvalue weighted by Gasteiger charge is -2.61. The summed E-state index contributed by atoms with van der Waals surface area (Å²) >= 11 is 0. The Hall–Kier alpha value is -1.63. The molecular formula is C29H47NO6. The minimum atomic E-state index is -1.18. The molecule has 10 atom stereocenters. The smallest absolute Gasteiger partial charge is 0.326 e. The third-order valence-electron chi connectivity index (χ3n) is 11.5. The average molecular weight is 506 g/mol. The first kappa shape index (κ1) is 27.4. The number of carbonyl (C=O) groups excluding carboxylic acids is 1. The molecule has 1 amide bonds. The van der Waals surface area contributed by atoms with Gasteiger partial charge in [-0.15, -0.1) is 0 Å². The Balaban J connectivity index is 1.34. The first-order valence-electron chi connectivity index (χ1n) is 14.4. The number of carboxylic acid groups (broad SMARTS) is 2. The van der Waals surface area contributed by atoms with Gasteiger partial charge in [0.25, 0.3) is 0 Å². The van der Waals surface area contributed by atoms with E-state index in [9.17, 15) is 24.6 Å². The fraction of sp³-hybridized carbons (Fsp3) is 0.897. The highest BCUT2D eigenvalue weighted by Gasteiger charge is 2.60. The summed E-state index contributed by atoms with van der Waals surface area (Å²) in [4.78, 5) is 34.7. The van der Waals surface area contributed by atoms with Crippen molar-refractivity contribution in [2.24, 2.45) is 46.3 Å². The Labute approximate surface area is 215 Å². The minimum Gasteiger partial charge on any atom is -0.481 e. The van der Waals surface area contributed by atoms with Crippen molar-refractivity contribution in [1.82, 2.24) is 5.32 Å². The van der Waals surface area contributed by atoms with Gasteiger partial charge >= 0.3 is 11.9 Å². The van der Waals surface area contributed by atoms with E-state index in [1.54, 1.807) is 0 Å². The first-order valence-corrected chi connectivity index (χ1v) is 14.4. The van der Waals surface area contributed by atoms with Crippen molar-refractivity contribution in [3.63, 3.8) is 0 Å². The Bertz CT molecular complexity index is 846. The molecule has 7 nitrogen and oxygen atoms in total. The molecule has 0 bridgehead atoms. The van der Waals surface area contributed by atoms with E-state index in [0.717, 1.165) is 37.0 Å². The zero-order valence-corrected chi connectivity index (χ0v) is 22.4. The summed E-state index contributed by atoms with van der Waals surface area (Å²) < 4.78 is 0. The quantitative estimate of drug-likeness (QED) is 0.355. The van der Waals surface area contributed by atoms with Gasteiger partial charge in [-0.2, -0.15) is 0 Å². The van der Waals surface area contributed by atoms with E-state index in [2.05, 4.69) is 26.1 Å². The molecule has 0 aromatic carbocycles. The molecule has 0 spiro atoms. The van der Waals surface area contributed by atoms with E-state index in [0.29, 0.717) is 28.6 Å². The SMILES string of the molecule is CC(CCC(=O)NC(CCC(=O)O)C(=O)O)[C@H]1CC[C@H]2[C@@H]3CC[C@@H]4C[C@H](O)CC[C@]4(C)[C@H]3CC[C@]12C. The number of fused-ring (bicyclic) bond motifs is 5. The summed E-state index contributed by atoms with van der Waals surface area (Å²) in [6.45, 7) is 7.29. The van der Waals surface area contributed by atoms with Crippen molar-refractivity contribution in [1.29, 1.82) is 0 Å². The fourth-order valence-corrected chi connectivity index (χ4v) is 9.56. The largest absolute Gasteiger partial charge is 0.481 e. The van der Waals surface area contributed by atoms with Crippen molar-refractivity contribution >= 4 is 17.8 Å². The van der Waals surface area contributed by atoms with Crippen molar-refractivity contribution in [3.05, 3.63) is 0 Å². The van der Waals surface area contributed by atoms with Gasteiger partial charge in [0.1, 0.15) is 6.04 Å². The topological polar surface area (TPSA) is 124 Å². The van der Waals surface area contributed by atoms with Gasteiger partial charge in [0.15, 0.2) is 0 Å². The van der Waals surface area contributed by atoms with Gasteiger partial charge < -0.3 is 20.6 Å². The van der Waals surface area contributed by atoms with E-state index in [1.807, 2.05) is 0 Å². The minimum absolute atomic E-state index is 0.102. The molecule has 4 fully saturated rings. The molecule has 0 saturated heterocycles. The second-order valence-electron chi connectivity index (χ2n) is 13.2. The number of rotatable bonds is 9. The summed E-state index contributed by atoms with van der Waals surface area (Å²) in [5.41, 5.74) is 0.687. The van der Waals surface area contributed by atoms with Crippen molar-refractivity contribution in [2.75, 3.05) is 0 Å². The van der Waals surface area contributed by atoms with Gasteiger partial charge in [-0.3, -0.25) is 9.59 Å². The van der Waals surface area contributed by atoms with Crippen LogP contribution in [-0.2, 0) is 14.4 Å². The fourth-order valence-electron chi connectivity index (χ4n) is 9.56. The van der Waals surface area contributed by atoms with E-state index < -0.39 is 18.0 Å². The number of hydrogen-bond donors (Lipinski definition) is 4. The van der Waals surface area contributed by atoms with Crippen LogP contribution in [0.25, 0.3) is 0 Å². The standard InChI is InChI=1S/C29H47NO6/c1-17(4-10-25(32)30-24(27(35)36)9-11-26(33)34)21-7-8-22-20-6-5-18-16-19(31)12-14-28(18,2)23(20)13-15-29(21,22)3/h17-24,31H,4-16H2,1-3H3,(H,30,32)(H,33,34)(H,35,36)/t17?,18-,19-,20+,21-,22+,23+,24?,28+,29-/m1/s1. The molecule has 4 rings (SSSR count). The van der Waals surface area contributed by atoms with Crippen LogP contribution in [0.1, 0.15) is 104 Å². The zero-order valence-electron chi connectivity index (χ0n) is 22.4. The molecule has 0 radical (unpaired) electrons. The maximum absolute atomic E-state index is 12.5. The predicted molar refractivity (Wildman–Crippen MR) is 136 cm³/mol. The molecule has 4 saturated carbocycles. The molecule has 7 heteroatoms. The maximum Gasteiger partial charge on any atom is 0.326 e. The molecule has 36 heavy (non-hydrogen) atoms. The van der Waals surface area contributed by atoms with Gasteiger partial charge in [-0.05, 0) is 117 Å². The second-order valence-corrected chi connectivity index (χ2v) is 13.2. The van der Waals surface area contributed by atoms with Crippen molar-refractivity contribution in [3.8, 4) is 0 Å². The summed E-state index contributed by atoms with van der Waals surface area (Å²) in [5.74, 6) is 1.41. The van der Waals surface area contributed by atoms with E-state index in [4.69, 9.17) is 5.11 Å². The highest BCUT2D eigenvalue weighted by molar-refractivity contribution is 5.83. The molecule has 0 aliphatic heterocycles. The first-order chi connectivity index (χ1) is 17.0. The molecule has 4 aliphatic rings. The lowest BCUT2D eigenvalue weighted by molar-refractivity contribution is -0.143. The lowest BCUT2D eigenvalue weighted by atomic mass is 9.44. The Kier molecular flexibility index (Phi) is 8.09. The highest BCUT2D eigenvalue weighted by atomic mass is 16.4. The summed E-state index contributed by atoms with van der Waals surface area (Å²) in [7, 11) is 0. The highest BCUT2D eigenvalue weighted by Crippen LogP contribution is 2.68. The predicted octanol–water partition coefficient (Wildman–Crippen LogP) is 4.86. The van der Waals surface area contributed by atoms with E-state index >= 15 is 0 Å². The summed E-state index contributed by atoms with van der Waals surface area (Å²) in [6, 6.07) is -1.15. The van der Waals surface area contributed by atoms with Crippen molar-refractivity contribution in [2.45, 2.75) is 116 Å². The number of hydrogen-bond acceptors (Lipinski definition) is 4. The number of carboxylic acids is 2. The van der Waals surface area contributed by atoms with Crippen LogP contribution in [0, 0.1) is 46.3 Å². The monoisotopic (exact) mass is 505 g/mol. The molecule has 4 aliphatic carbocycles. The van der Waals surface area contributed by atoms with Crippen LogP contribution in [0.4, 0.5) is 0 Å². The van der Waals surface area contributed by atoms with E-state index in [-0.39, 0.29) is 31.3 Å². The second kappa shape index (κ2) is 10.6. The number of amides is 1. The van der Waals surface area contributed by atoms with Crippen LogP contribution in [0.2, 0.25) is 0 Å². The number of aliphatic hydroxyl groups excluding tert-OH is 1. The maximum atomic E-state index is 12.5. The number of carbonyl (C=O) groups is 3. The van der Waals surface area contributed by atoms with Crippen LogP contribution in [0.5, 0.6) is 0 Å². The Morgan fingerprint density at radius 2 is 1.58 bits per heavy atom. The average Bonchev–Trinajstić information content (AvgIpc) is 3.17.